The Morgan fingerprint density at radius 2 is 1.79 bits per heavy atom. The average molecular weight is 394 g/mol. The van der Waals surface area contributed by atoms with Gasteiger partial charge in [-0.2, -0.15) is 13.2 Å². The minimum absolute atomic E-state index is 0.0601. The Balaban J connectivity index is 1.93. The fourth-order valence-electron chi connectivity index (χ4n) is 2.71. The number of benzene rings is 2. The van der Waals surface area contributed by atoms with Gasteiger partial charge in [0.25, 0.3) is 0 Å². The summed E-state index contributed by atoms with van der Waals surface area (Å²) in [5, 5.41) is 0.200. The van der Waals surface area contributed by atoms with Crippen LogP contribution in [0.4, 0.5) is 18.9 Å². The summed E-state index contributed by atoms with van der Waals surface area (Å²) >= 11 is 0. The molecule has 2 aromatic carbocycles. The zero-order valence-electron chi connectivity index (χ0n) is 15.0. The molecule has 0 saturated carbocycles. The number of nitrogen functional groups attached to an aromatic ring is 1. The minimum atomic E-state index is -4.51. The fraction of sp³-hybridized carbons (Fsp3) is 0.211. The molecule has 3 rings (SSSR count). The lowest BCUT2D eigenvalue weighted by atomic mass is 10.1. The van der Waals surface area contributed by atoms with E-state index in [2.05, 4.69) is 9.72 Å². The molecule has 28 heavy (non-hydrogen) atoms. The van der Waals surface area contributed by atoms with Gasteiger partial charge < -0.3 is 24.9 Å². The number of hydrogen-bond acceptors (Lipinski definition) is 5. The first kappa shape index (κ1) is 19.4. The lowest BCUT2D eigenvalue weighted by Gasteiger charge is -2.13. The second-order valence-electron chi connectivity index (χ2n) is 5.96. The molecule has 0 unspecified atom stereocenters. The number of esters is 1. The van der Waals surface area contributed by atoms with E-state index in [1.54, 1.807) is 18.2 Å². The van der Waals surface area contributed by atoms with Crippen molar-refractivity contribution >= 4 is 22.6 Å². The summed E-state index contributed by atoms with van der Waals surface area (Å²) in [5.74, 6) is 0.414. The summed E-state index contributed by atoms with van der Waals surface area (Å²) in [4.78, 5) is 13.7. The summed E-state index contributed by atoms with van der Waals surface area (Å²) in [6, 6.07) is 8.71. The molecule has 0 aliphatic carbocycles. The molecule has 0 fully saturated rings. The van der Waals surface area contributed by atoms with Gasteiger partial charge in [-0.15, -0.1) is 0 Å². The first-order valence-electron chi connectivity index (χ1n) is 8.13. The van der Waals surface area contributed by atoms with Crippen molar-refractivity contribution in [2.24, 2.45) is 0 Å². The van der Waals surface area contributed by atoms with E-state index in [1.807, 2.05) is 0 Å². The molecule has 0 amide bonds. The first-order chi connectivity index (χ1) is 13.2. The third-order valence-electron chi connectivity index (χ3n) is 4.13. The van der Waals surface area contributed by atoms with E-state index in [-0.39, 0.29) is 28.8 Å². The first-order valence-corrected chi connectivity index (χ1v) is 8.13. The smallest absolute Gasteiger partial charge is 0.431 e. The molecule has 0 aliphatic heterocycles. The number of carbonyl (C=O) groups excluding carboxylic acids is 1. The van der Waals surface area contributed by atoms with Crippen molar-refractivity contribution in [3.63, 3.8) is 0 Å². The second kappa shape index (κ2) is 7.34. The lowest BCUT2D eigenvalue weighted by molar-refractivity contribution is -0.141. The number of carbonyl (C=O) groups is 1. The number of methoxy groups -OCH3 is 2. The van der Waals surface area contributed by atoms with Gasteiger partial charge in [-0.25, -0.2) is 0 Å². The third-order valence-corrected chi connectivity index (χ3v) is 4.13. The van der Waals surface area contributed by atoms with Gasteiger partial charge in [0, 0.05) is 10.9 Å². The standard InChI is InChI=1S/C19H17F3N2O4/c1-26-15-7-10(8-17(25)27-2)3-5-13(15)28-14-6-4-12-11(18(14)23)9-16(24-12)19(20,21)22/h3-7,9,24H,8,23H2,1-2H3. The molecule has 1 heterocycles. The number of nitrogens with two attached hydrogens (primary N) is 1. The van der Waals surface area contributed by atoms with Crippen LogP contribution < -0.4 is 15.2 Å². The zero-order valence-corrected chi connectivity index (χ0v) is 15.0. The molecular formula is C19H17F3N2O4. The molecule has 0 bridgehead atoms. The topological polar surface area (TPSA) is 86.6 Å². The van der Waals surface area contributed by atoms with E-state index < -0.39 is 17.8 Å². The van der Waals surface area contributed by atoms with Crippen molar-refractivity contribution in [1.29, 1.82) is 0 Å². The molecular weight excluding hydrogens is 377 g/mol. The monoisotopic (exact) mass is 394 g/mol. The Hall–Kier alpha value is -3.36. The molecule has 1 aromatic heterocycles. The van der Waals surface area contributed by atoms with Gasteiger partial charge in [-0.05, 0) is 35.9 Å². The quantitative estimate of drug-likeness (QED) is 0.498. The van der Waals surface area contributed by atoms with E-state index in [9.17, 15) is 18.0 Å². The van der Waals surface area contributed by atoms with Gasteiger partial charge in [0.1, 0.15) is 5.69 Å². The predicted octanol–water partition coefficient (Wildman–Crippen LogP) is 4.29. The van der Waals surface area contributed by atoms with Crippen LogP contribution in [0.25, 0.3) is 10.9 Å². The molecule has 0 radical (unpaired) electrons. The summed E-state index contributed by atoms with van der Waals surface area (Å²) in [7, 11) is 2.72. The van der Waals surface area contributed by atoms with E-state index in [4.69, 9.17) is 15.2 Å². The number of aromatic amines is 1. The average Bonchev–Trinajstić information content (AvgIpc) is 3.10. The molecule has 3 N–H and O–H groups in total. The van der Waals surface area contributed by atoms with Crippen LogP contribution in [0.5, 0.6) is 17.2 Å². The fourth-order valence-corrected chi connectivity index (χ4v) is 2.71. The zero-order chi connectivity index (χ0) is 20.5. The number of alkyl halides is 3. The highest BCUT2D eigenvalue weighted by atomic mass is 19.4. The number of anilines is 1. The van der Waals surface area contributed by atoms with Crippen molar-refractivity contribution in [2.45, 2.75) is 12.6 Å². The molecule has 0 atom stereocenters. The van der Waals surface area contributed by atoms with Crippen LogP contribution in [0.1, 0.15) is 11.3 Å². The summed E-state index contributed by atoms with van der Waals surface area (Å²) in [6.07, 6.45) is -4.45. The Morgan fingerprint density at radius 1 is 1.07 bits per heavy atom. The van der Waals surface area contributed by atoms with E-state index in [1.165, 1.54) is 26.4 Å². The number of rotatable bonds is 5. The van der Waals surface area contributed by atoms with Gasteiger partial charge in [0.15, 0.2) is 17.2 Å². The van der Waals surface area contributed by atoms with E-state index in [0.717, 1.165) is 6.07 Å². The van der Waals surface area contributed by atoms with Crippen molar-refractivity contribution in [3.8, 4) is 17.2 Å². The van der Waals surface area contributed by atoms with Gasteiger partial charge >= 0.3 is 12.1 Å². The van der Waals surface area contributed by atoms with Crippen LogP contribution in [0.2, 0.25) is 0 Å². The van der Waals surface area contributed by atoms with Gasteiger partial charge in [-0.3, -0.25) is 4.79 Å². The molecule has 0 aliphatic rings. The number of halogens is 3. The number of aromatic nitrogens is 1. The molecule has 0 spiro atoms. The number of hydrogen-bond donors (Lipinski definition) is 2. The van der Waals surface area contributed by atoms with Gasteiger partial charge in [0.2, 0.25) is 0 Å². The van der Waals surface area contributed by atoms with Crippen LogP contribution in [-0.4, -0.2) is 25.2 Å². The number of H-pyrrole nitrogens is 1. The largest absolute Gasteiger partial charge is 0.493 e. The molecule has 148 valence electrons. The van der Waals surface area contributed by atoms with Crippen LogP contribution in [0, 0.1) is 0 Å². The number of ether oxygens (including phenoxy) is 3. The Morgan fingerprint density at radius 3 is 2.43 bits per heavy atom. The lowest BCUT2D eigenvalue weighted by Crippen LogP contribution is -2.04. The van der Waals surface area contributed by atoms with Gasteiger partial charge in [0.05, 0.1) is 26.3 Å². The summed E-state index contributed by atoms with van der Waals surface area (Å²) in [5.41, 5.74) is 6.08. The van der Waals surface area contributed by atoms with Crippen LogP contribution >= 0.6 is 0 Å². The van der Waals surface area contributed by atoms with E-state index >= 15 is 0 Å². The summed E-state index contributed by atoms with van der Waals surface area (Å²) in [6.45, 7) is 0. The second-order valence-corrected chi connectivity index (χ2v) is 5.96. The van der Waals surface area contributed by atoms with Crippen molar-refractivity contribution < 1.29 is 32.2 Å². The van der Waals surface area contributed by atoms with Crippen molar-refractivity contribution in [3.05, 3.63) is 47.7 Å². The molecule has 9 heteroatoms. The Kier molecular flexibility index (Phi) is 5.08. The van der Waals surface area contributed by atoms with Crippen molar-refractivity contribution in [2.75, 3.05) is 20.0 Å². The number of fused-ring (bicyclic) bond motifs is 1. The predicted molar refractivity (Wildman–Crippen MR) is 96.5 cm³/mol. The minimum Gasteiger partial charge on any atom is -0.493 e. The Labute approximate surface area is 158 Å². The highest BCUT2D eigenvalue weighted by Crippen LogP contribution is 2.40. The number of nitrogens with one attached hydrogen (secondary N) is 1. The Bertz CT molecular complexity index is 1030. The highest BCUT2D eigenvalue weighted by Gasteiger charge is 2.33. The maximum Gasteiger partial charge on any atom is 0.431 e. The van der Waals surface area contributed by atoms with E-state index in [0.29, 0.717) is 17.1 Å². The molecule has 0 saturated heterocycles. The molecule has 6 nitrogen and oxygen atoms in total. The van der Waals surface area contributed by atoms with Gasteiger partial charge in [-0.1, -0.05) is 6.07 Å². The van der Waals surface area contributed by atoms with Crippen LogP contribution in [0.15, 0.2) is 36.4 Å². The third kappa shape index (κ3) is 3.83. The maximum atomic E-state index is 12.9. The SMILES string of the molecule is COC(=O)Cc1ccc(Oc2ccc3[nH]c(C(F)(F)F)cc3c2N)c(OC)c1. The highest BCUT2D eigenvalue weighted by molar-refractivity contribution is 5.95. The van der Waals surface area contributed by atoms with Crippen LogP contribution in [-0.2, 0) is 22.1 Å². The molecule has 3 aromatic rings. The van der Waals surface area contributed by atoms with Crippen molar-refractivity contribution in [1.82, 2.24) is 4.98 Å². The normalized spacial score (nSPS) is 11.5. The maximum absolute atomic E-state index is 12.9. The summed E-state index contributed by atoms with van der Waals surface area (Å²) < 4.78 is 54.4. The van der Waals surface area contributed by atoms with Crippen LogP contribution in [0.3, 0.4) is 0 Å².